The number of fused-ring (bicyclic) bond motifs is 1. The van der Waals surface area contributed by atoms with Gasteiger partial charge in [0.05, 0.1) is 10.4 Å². The van der Waals surface area contributed by atoms with Crippen LogP contribution >= 0.6 is 11.6 Å². The highest BCUT2D eigenvalue weighted by atomic mass is 35.5. The topological polar surface area (TPSA) is 22.0 Å². The zero-order valence-corrected chi connectivity index (χ0v) is 10.4. The van der Waals surface area contributed by atoms with Crippen molar-refractivity contribution in [3.8, 4) is 0 Å². The third-order valence-electron chi connectivity index (χ3n) is 4.48. The predicted octanol–water partition coefficient (Wildman–Crippen LogP) is 3.30. The molecule has 3 fully saturated rings. The van der Waals surface area contributed by atoms with Gasteiger partial charge in [0.25, 0.3) is 5.56 Å². The molecule has 0 N–H and O–H groups in total. The molecule has 2 bridgehead atoms. The van der Waals surface area contributed by atoms with Crippen molar-refractivity contribution in [2.45, 2.75) is 24.8 Å². The lowest BCUT2D eigenvalue weighted by atomic mass is 9.49. The summed E-state index contributed by atoms with van der Waals surface area (Å²) < 4.78 is 15.7. The molecule has 2 nitrogen and oxygen atoms in total. The van der Waals surface area contributed by atoms with E-state index >= 15 is 0 Å². The van der Waals surface area contributed by atoms with E-state index in [2.05, 4.69) is 0 Å². The second-order valence-electron chi connectivity index (χ2n) is 5.52. The Kier molecular flexibility index (Phi) is 1.85. The first-order valence-electron chi connectivity index (χ1n) is 6.11. The van der Waals surface area contributed by atoms with Crippen LogP contribution in [0.4, 0.5) is 4.39 Å². The van der Waals surface area contributed by atoms with E-state index in [1.165, 1.54) is 6.07 Å². The highest BCUT2D eigenvalue weighted by Gasteiger charge is 2.58. The van der Waals surface area contributed by atoms with Crippen LogP contribution in [0.25, 0.3) is 10.8 Å². The molecule has 3 aliphatic carbocycles. The molecule has 5 rings (SSSR count). The van der Waals surface area contributed by atoms with Crippen LogP contribution in [0.2, 0.25) is 5.02 Å². The summed E-state index contributed by atoms with van der Waals surface area (Å²) in [5, 5.41) is 0.745. The van der Waals surface area contributed by atoms with E-state index in [1.807, 2.05) is 0 Å². The molecular weight excluding hydrogens is 253 g/mol. The molecule has 0 atom stereocenters. The third kappa shape index (κ3) is 1.11. The number of nitrogens with zero attached hydrogens (tertiary/aromatic N) is 1. The van der Waals surface area contributed by atoms with Gasteiger partial charge >= 0.3 is 0 Å². The molecule has 0 amide bonds. The smallest absolute Gasteiger partial charge is 0.261 e. The Morgan fingerprint density at radius 3 is 2.61 bits per heavy atom. The highest BCUT2D eigenvalue weighted by molar-refractivity contribution is 6.31. The lowest BCUT2D eigenvalue weighted by molar-refractivity contribution is -0.0911. The van der Waals surface area contributed by atoms with Crippen molar-refractivity contribution in [1.82, 2.24) is 4.57 Å². The van der Waals surface area contributed by atoms with E-state index < -0.39 is 5.82 Å². The Morgan fingerprint density at radius 1 is 1.28 bits per heavy atom. The third-order valence-corrected chi connectivity index (χ3v) is 4.77. The van der Waals surface area contributed by atoms with Gasteiger partial charge in [-0.25, -0.2) is 4.39 Å². The first kappa shape index (κ1) is 10.6. The fraction of sp³-hybridized carbons (Fsp3) is 0.357. The Hall–Kier alpha value is -1.35. The van der Waals surface area contributed by atoms with Crippen LogP contribution in [0.3, 0.4) is 0 Å². The molecule has 1 aromatic carbocycles. The molecule has 0 aliphatic heterocycles. The zero-order valence-electron chi connectivity index (χ0n) is 9.62. The molecule has 0 spiro atoms. The van der Waals surface area contributed by atoms with Gasteiger partial charge in [-0.2, -0.15) is 0 Å². The van der Waals surface area contributed by atoms with E-state index in [0.717, 1.165) is 25.2 Å². The molecular formula is C14H11ClFNO. The summed E-state index contributed by atoms with van der Waals surface area (Å²) in [5.41, 5.74) is -0.268. The van der Waals surface area contributed by atoms with Gasteiger partial charge in [0.15, 0.2) is 5.82 Å². The van der Waals surface area contributed by atoms with Crippen molar-refractivity contribution < 1.29 is 4.39 Å². The van der Waals surface area contributed by atoms with Crippen LogP contribution in [-0.4, -0.2) is 4.57 Å². The van der Waals surface area contributed by atoms with Crippen LogP contribution < -0.4 is 5.56 Å². The molecule has 0 unspecified atom stereocenters. The zero-order chi connectivity index (χ0) is 12.5. The number of rotatable bonds is 1. The van der Waals surface area contributed by atoms with Gasteiger partial charge in [0.2, 0.25) is 0 Å². The Bertz CT molecular complexity index is 719. The van der Waals surface area contributed by atoms with Crippen LogP contribution in [0.1, 0.15) is 19.3 Å². The molecule has 1 heterocycles. The van der Waals surface area contributed by atoms with Crippen LogP contribution in [0, 0.1) is 11.7 Å². The predicted molar refractivity (Wildman–Crippen MR) is 68.5 cm³/mol. The summed E-state index contributed by atoms with van der Waals surface area (Å²) in [7, 11) is 0. The summed E-state index contributed by atoms with van der Waals surface area (Å²) in [6.45, 7) is 0. The fourth-order valence-electron chi connectivity index (χ4n) is 3.37. The fourth-order valence-corrected chi connectivity index (χ4v) is 3.52. The number of pyridine rings is 1. The summed E-state index contributed by atoms with van der Waals surface area (Å²) in [6.07, 6.45) is 4.97. The Labute approximate surface area is 108 Å². The maximum absolute atomic E-state index is 14.0. The SMILES string of the molecule is O=c1c2c(F)c(Cl)ccc2ccn1C12CC(C1)C2. The van der Waals surface area contributed by atoms with Crippen molar-refractivity contribution in [1.29, 1.82) is 0 Å². The highest BCUT2D eigenvalue weighted by Crippen LogP contribution is 2.61. The normalized spacial score (nSPS) is 28.9. The summed E-state index contributed by atoms with van der Waals surface area (Å²) >= 11 is 5.76. The van der Waals surface area contributed by atoms with E-state index in [1.54, 1.807) is 22.9 Å². The number of halogens is 2. The molecule has 4 heteroatoms. The quantitative estimate of drug-likeness (QED) is 0.774. The van der Waals surface area contributed by atoms with Crippen molar-refractivity contribution in [2.24, 2.45) is 5.92 Å². The van der Waals surface area contributed by atoms with Gasteiger partial charge < -0.3 is 4.57 Å². The summed E-state index contributed by atoms with van der Waals surface area (Å²) in [5.74, 6) is 0.178. The minimum atomic E-state index is -0.597. The average molecular weight is 264 g/mol. The molecule has 1 aromatic heterocycles. The standard InChI is InChI=1S/C14H11ClFNO/c15-10-2-1-9-3-4-17(13(18)11(9)12(10)16)14-5-8(6-14)7-14/h1-4,8H,5-7H2. The van der Waals surface area contributed by atoms with Crippen LogP contribution in [0.15, 0.2) is 29.2 Å². The molecule has 3 saturated carbocycles. The van der Waals surface area contributed by atoms with Crippen molar-refractivity contribution in [3.05, 3.63) is 45.6 Å². The largest absolute Gasteiger partial charge is 0.309 e. The van der Waals surface area contributed by atoms with Crippen molar-refractivity contribution in [2.75, 3.05) is 0 Å². The van der Waals surface area contributed by atoms with Gasteiger partial charge in [0, 0.05) is 11.7 Å². The van der Waals surface area contributed by atoms with Crippen LogP contribution in [-0.2, 0) is 5.54 Å². The number of hydrogen-bond donors (Lipinski definition) is 0. The van der Waals surface area contributed by atoms with E-state index in [4.69, 9.17) is 11.6 Å². The minimum Gasteiger partial charge on any atom is -0.309 e. The van der Waals surface area contributed by atoms with Crippen molar-refractivity contribution in [3.63, 3.8) is 0 Å². The van der Waals surface area contributed by atoms with Gasteiger partial charge in [0.1, 0.15) is 0 Å². The Balaban J connectivity index is 2.04. The van der Waals surface area contributed by atoms with Gasteiger partial charge in [-0.3, -0.25) is 4.79 Å². The molecule has 0 radical (unpaired) electrons. The summed E-state index contributed by atoms with van der Waals surface area (Å²) in [4.78, 5) is 12.4. The summed E-state index contributed by atoms with van der Waals surface area (Å²) in [6, 6.07) is 4.98. The maximum Gasteiger partial charge on any atom is 0.261 e. The van der Waals surface area contributed by atoms with Gasteiger partial charge in [-0.15, -0.1) is 0 Å². The average Bonchev–Trinajstić information content (AvgIpc) is 2.22. The van der Waals surface area contributed by atoms with E-state index in [0.29, 0.717) is 5.39 Å². The second-order valence-corrected chi connectivity index (χ2v) is 5.93. The van der Waals surface area contributed by atoms with Crippen LogP contribution in [0.5, 0.6) is 0 Å². The number of aromatic nitrogens is 1. The number of hydrogen-bond acceptors (Lipinski definition) is 1. The molecule has 18 heavy (non-hydrogen) atoms. The van der Waals surface area contributed by atoms with Gasteiger partial charge in [-0.05, 0) is 42.7 Å². The lowest BCUT2D eigenvalue weighted by Crippen LogP contribution is -2.61. The lowest BCUT2D eigenvalue weighted by Gasteiger charge is -2.62. The van der Waals surface area contributed by atoms with Crippen molar-refractivity contribution >= 4 is 22.4 Å². The van der Waals surface area contributed by atoms with Gasteiger partial charge in [-0.1, -0.05) is 17.7 Å². The first-order valence-corrected chi connectivity index (χ1v) is 6.48. The maximum atomic E-state index is 14.0. The van der Waals surface area contributed by atoms with E-state index in [9.17, 15) is 9.18 Å². The first-order chi connectivity index (χ1) is 8.61. The monoisotopic (exact) mass is 263 g/mol. The second kappa shape index (κ2) is 3.15. The Morgan fingerprint density at radius 2 is 2.00 bits per heavy atom. The minimum absolute atomic E-state index is 0.00921. The molecule has 0 saturated heterocycles. The number of benzene rings is 1. The molecule has 3 aliphatic rings. The van der Waals surface area contributed by atoms with E-state index in [-0.39, 0.29) is 21.5 Å². The molecule has 92 valence electrons. The molecule has 2 aromatic rings.